The quantitative estimate of drug-likeness (QED) is 0.790. The molecule has 0 amide bonds. The minimum atomic E-state index is 0.357. The zero-order chi connectivity index (χ0) is 14.2. The van der Waals surface area contributed by atoms with E-state index in [-0.39, 0.29) is 0 Å². The molecule has 1 aliphatic carbocycles. The molecule has 2 nitrogen and oxygen atoms in total. The van der Waals surface area contributed by atoms with Gasteiger partial charge in [0.15, 0.2) is 0 Å². The molecule has 0 spiro atoms. The largest absolute Gasteiger partial charge is 0.396 e. The average Bonchev–Trinajstić information content (AvgIpc) is 2.52. The monoisotopic (exact) mass is 275 g/mol. The highest BCUT2D eigenvalue weighted by atomic mass is 16.3. The Morgan fingerprint density at radius 1 is 1.15 bits per heavy atom. The van der Waals surface area contributed by atoms with Gasteiger partial charge in [0.2, 0.25) is 0 Å². The Balaban J connectivity index is 1.91. The highest BCUT2D eigenvalue weighted by Crippen LogP contribution is 2.30. The summed E-state index contributed by atoms with van der Waals surface area (Å²) < 4.78 is 0. The lowest BCUT2D eigenvalue weighted by molar-refractivity contribution is 0.130. The summed E-state index contributed by atoms with van der Waals surface area (Å²) in [6.45, 7) is 3.65. The molecular formula is C18H29NO. The molecular weight excluding hydrogens is 246 g/mol. The first kappa shape index (κ1) is 15.5. The maximum absolute atomic E-state index is 9.52. The van der Waals surface area contributed by atoms with Gasteiger partial charge in [0, 0.05) is 12.6 Å². The maximum Gasteiger partial charge on any atom is 0.0462 e. The van der Waals surface area contributed by atoms with Crippen LogP contribution in [0.2, 0.25) is 0 Å². The van der Waals surface area contributed by atoms with Crippen molar-refractivity contribution in [1.29, 1.82) is 0 Å². The van der Waals surface area contributed by atoms with Gasteiger partial charge >= 0.3 is 0 Å². The second-order valence-corrected chi connectivity index (χ2v) is 6.15. The minimum absolute atomic E-state index is 0.357. The molecule has 2 heteroatoms. The molecule has 0 heterocycles. The third kappa shape index (κ3) is 4.32. The second-order valence-electron chi connectivity index (χ2n) is 6.15. The molecule has 3 atom stereocenters. The molecule has 0 radical (unpaired) electrons. The first-order valence-corrected chi connectivity index (χ1v) is 8.24. The van der Waals surface area contributed by atoms with Crippen molar-refractivity contribution in [3.63, 3.8) is 0 Å². The van der Waals surface area contributed by atoms with Crippen LogP contribution in [-0.4, -0.2) is 18.3 Å². The Morgan fingerprint density at radius 2 is 1.85 bits per heavy atom. The molecule has 2 rings (SSSR count). The number of nitrogens with one attached hydrogen (secondary N) is 1. The standard InChI is InChI=1S/C18H29NO/c1-2-8-18(15-9-4-3-5-10-15)19-13-16-11-6-7-12-17(16)14-20/h3-5,9-10,16-20H,2,6-8,11-14H2,1H3. The van der Waals surface area contributed by atoms with Crippen LogP contribution in [0.1, 0.15) is 57.1 Å². The molecule has 1 aromatic carbocycles. The Bertz CT molecular complexity index is 365. The SMILES string of the molecule is CCCC(NCC1CCCCC1CO)c1ccccc1. The number of hydrogen-bond donors (Lipinski definition) is 2. The summed E-state index contributed by atoms with van der Waals surface area (Å²) in [6, 6.07) is 11.2. The van der Waals surface area contributed by atoms with Gasteiger partial charge in [-0.15, -0.1) is 0 Å². The predicted octanol–water partition coefficient (Wildman–Crippen LogP) is 3.92. The Kier molecular flexibility index (Phi) is 6.55. The van der Waals surface area contributed by atoms with Gasteiger partial charge in [-0.05, 0) is 43.2 Å². The first-order chi connectivity index (χ1) is 9.85. The van der Waals surface area contributed by atoms with E-state index in [1.807, 2.05) is 0 Å². The molecule has 0 saturated heterocycles. The van der Waals surface area contributed by atoms with Gasteiger partial charge in [0.1, 0.15) is 0 Å². The highest BCUT2D eigenvalue weighted by molar-refractivity contribution is 5.18. The number of aliphatic hydroxyl groups excluding tert-OH is 1. The van der Waals surface area contributed by atoms with Gasteiger partial charge in [-0.25, -0.2) is 0 Å². The summed E-state index contributed by atoms with van der Waals surface area (Å²) in [7, 11) is 0. The summed E-state index contributed by atoms with van der Waals surface area (Å²) in [4.78, 5) is 0. The van der Waals surface area contributed by atoms with Crippen molar-refractivity contribution in [3.8, 4) is 0 Å². The third-order valence-corrected chi connectivity index (χ3v) is 4.71. The lowest BCUT2D eigenvalue weighted by Crippen LogP contribution is -2.34. The lowest BCUT2D eigenvalue weighted by Gasteiger charge is -2.32. The molecule has 1 aromatic rings. The fraction of sp³-hybridized carbons (Fsp3) is 0.667. The third-order valence-electron chi connectivity index (χ3n) is 4.71. The van der Waals surface area contributed by atoms with E-state index < -0.39 is 0 Å². The molecule has 0 aliphatic heterocycles. The first-order valence-electron chi connectivity index (χ1n) is 8.24. The van der Waals surface area contributed by atoms with E-state index in [1.165, 1.54) is 44.1 Å². The molecule has 0 aromatic heterocycles. The van der Waals surface area contributed by atoms with E-state index in [0.717, 1.165) is 6.54 Å². The Morgan fingerprint density at radius 3 is 2.50 bits per heavy atom. The van der Waals surface area contributed by atoms with Crippen LogP contribution < -0.4 is 5.32 Å². The summed E-state index contributed by atoms with van der Waals surface area (Å²) in [5.74, 6) is 1.16. The van der Waals surface area contributed by atoms with Gasteiger partial charge in [0.05, 0.1) is 0 Å². The van der Waals surface area contributed by atoms with Gasteiger partial charge in [-0.2, -0.15) is 0 Å². The molecule has 1 aliphatic rings. The summed E-state index contributed by atoms with van der Waals surface area (Å²) >= 11 is 0. The van der Waals surface area contributed by atoms with Crippen molar-refractivity contribution in [2.24, 2.45) is 11.8 Å². The van der Waals surface area contributed by atoms with Crippen LogP contribution in [0.15, 0.2) is 30.3 Å². The highest BCUT2D eigenvalue weighted by Gasteiger charge is 2.25. The van der Waals surface area contributed by atoms with Gasteiger partial charge in [-0.1, -0.05) is 56.5 Å². The number of hydrogen-bond acceptors (Lipinski definition) is 2. The summed E-state index contributed by atoms with van der Waals surface area (Å²) in [6.07, 6.45) is 7.46. The molecule has 3 unspecified atom stereocenters. The van der Waals surface area contributed by atoms with Gasteiger partial charge in [0.25, 0.3) is 0 Å². The molecule has 0 bridgehead atoms. The fourth-order valence-electron chi connectivity index (χ4n) is 3.45. The maximum atomic E-state index is 9.52. The molecule has 1 saturated carbocycles. The van der Waals surface area contributed by atoms with Gasteiger partial charge < -0.3 is 10.4 Å². The molecule has 112 valence electrons. The number of aliphatic hydroxyl groups is 1. The van der Waals surface area contributed by atoms with Crippen molar-refractivity contribution in [2.75, 3.05) is 13.2 Å². The Hall–Kier alpha value is -0.860. The minimum Gasteiger partial charge on any atom is -0.396 e. The van der Waals surface area contributed by atoms with E-state index in [4.69, 9.17) is 0 Å². The average molecular weight is 275 g/mol. The van der Waals surface area contributed by atoms with Crippen LogP contribution in [0.3, 0.4) is 0 Å². The van der Waals surface area contributed by atoms with Crippen LogP contribution in [0.25, 0.3) is 0 Å². The molecule has 2 N–H and O–H groups in total. The van der Waals surface area contributed by atoms with Crippen LogP contribution in [0.4, 0.5) is 0 Å². The smallest absolute Gasteiger partial charge is 0.0462 e. The van der Waals surface area contributed by atoms with Gasteiger partial charge in [-0.3, -0.25) is 0 Å². The second kappa shape index (κ2) is 8.43. The van der Waals surface area contributed by atoms with E-state index in [9.17, 15) is 5.11 Å². The van der Waals surface area contributed by atoms with E-state index in [1.54, 1.807) is 0 Å². The van der Waals surface area contributed by atoms with Crippen molar-refractivity contribution < 1.29 is 5.11 Å². The van der Waals surface area contributed by atoms with E-state index in [0.29, 0.717) is 24.5 Å². The van der Waals surface area contributed by atoms with Crippen molar-refractivity contribution >= 4 is 0 Å². The Labute approximate surface area is 123 Å². The number of benzene rings is 1. The zero-order valence-corrected chi connectivity index (χ0v) is 12.7. The summed E-state index contributed by atoms with van der Waals surface area (Å²) in [5, 5.41) is 13.3. The topological polar surface area (TPSA) is 32.3 Å². The predicted molar refractivity (Wildman–Crippen MR) is 84.6 cm³/mol. The normalized spacial score (nSPS) is 24.5. The number of rotatable bonds is 7. The lowest BCUT2D eigenvalue weighted by atomic mass is 9.79. The summed E-state index contributed by atoms with van der Waals surface area (Å²) in [5.41, 5.74) is 1.39. The van der Waals surface area contributed by atoms with Crippen LogP contribution in [0, 0.1) is 11.8 Å². The van der Waals surface area contributed by atoms with Crippen molar-refractivity contribution in [3.05, 3.63) is 35.9 Å². The van der Waals surface area contributed by atoms with Crippen LogP contribution in [0.5, 0.6) is 0 Å². The fourth-order valence-corrected chi connectivity index (χ4v) is 3.45. The van der Waals surface area contributed by atoms with Crippen LogP contribution in [-0.2, 0) is 0 Å². The molecule has 1 fully saturated rings. The zero-order valence-electron chi connectivity index (χ0n) is 12.7. The van der Waals surface area contributed by atoms with Crippen molar-refractivity contribution in [2.45, 2.75) is 51.5 Å². The van der Waals surface area contributed by atoms with E-state index in [2.05, 4.69) is 42.6 Å². The van der Waals surface area contributed by atoms with Crippen molar-refractivity contribution in [1.82, 2.24) is 5.32 Å². The van der Waals surface area contributed by atoms with E-state index >= 15 is 0 Å². The molecule has 20 heavy (non-hydrogen) atoms. The van der Waals surface area contributed by atoms with Crippen LogP contribution >= 0.6 is 0 Å².